The van der Waals surface area contributed by atoms with Gasteiger partial charge in [-0.05, 0) is 64.6 Å². The SMILES string of the molecule is Cc1cc(-c2cc(C(=O)N3[C@@H]4CC[C@H]3C[C@H](C(=O)N[C@@H]3CC[C@H](C(F)(F)F)N(C)C3)C4)n[nH]2)c(F)cn1. The number of halogens is 4. The average Bonchev–Trinajstić information content (AvgIpc) is 3.42. The molecule has 3 aliphatic heterocycles. The molecule has 8 nitrogen and oxygen atoms in total. The Kier molecular flexibility index (Phi) is 6.71. The van der Waals surface area contributed by atoms with E-state index in [0.717, 1.165) is 19.0 Å². The number of nitrogens with zero attached hydrogens (tertiary/aromatic N) is 4. The fourth-order valence-corrected chi connectivity index (χ4v) is 6.17. The van der Waals surface area contributed by atoms with Crippen LogP contribution < -0.4 is 5.32 Å². The van der Waals surface area contributed by atoms with E-state index in [0.29, 0.717) is 24.2 Å². The molecule has 2 aromatic heterocycles. The highest BCUT2D eigenvalue weighted by molar-refractivity contribution is 5.94. The molecule has 200 valence electrons. The van der Waals surface area contributed by atoms with E-state index >= 15 is 0 Å². The Labute approximate surface area is 211 Å². The molecule has 3 fully saturated rings. The number of likely N-dealkylation sites (N-methyl/N-ethyl adjacent to an activating group) is 1. The van der Waals surface area contributed by atoms with E-state index in [-0.39, 0.29) is 66.5 Å². The first-order valence-electron chi connectivity index (χ1n) is 12.6. The van der Waals surface area contributed by atoms with E-state index in [1.54, 1.807) is 17.9 Å². The van der Waals surface area contributed by atoms with Crippen molar-refractivity contribution in [2.45, 2.75) is 75.8 Å². The normalized spacial score (nSPS) is 28.4. The first-order valence-corrected chi connectivity index (χ1v) is 12.6. The number of carbonyl (C=O) groups is 2. The van der Waals surface area contributed by atoms with Crippen molar-refractivity contribution in [3.8, 4) is 11.3 Å². The first kappa shape index (κ1) is 25.6. The third-order valence-electron chi connectivity index (χ3n) is 7.97. The van der Waals surface area contributed by atoms with Gasteiger partial charge in [0.15, 0.2) is 11.5 Å². The van der Waals surface area contributed by atoms with E-state index < -0.39 is 18.0 Å². The van der Waals surface area contributed by atoms with Crippen molar-refractivity contribution >= 4 is 11.8 Å². The Morgan fingerprint density at radius 2 is 1.81 bits per heavy atom. The van der Waals surface area contributed by atoms with Crippen LogP contribution in [0.4, 0.5) is 17.6 Å². The zero-order valence-electron chi connectivity index (χ0n) is 20.7. The number of aromatic nitrogens is 3. The van der Waals surface area contributed by atoms with Crippen molar-refractivity contribution < 1.29 is 27.2 Å². The summed E-state index contributed by atoms with van der Waals surface area (Å²) in [5.74, 6) is -1.22. The van der Waals surface area contributed by atoms with Crippen LogP contribution >= 0.6 is 0 Å². The van der Waals surface area contributed by atoms with Gasteiger partial charge in [-0.15, -0.1) is 0 Å². The van der Waals surface area contributed by atoms with Crippen molar-refractivity contribution in [1.82, 2.24) is 30.3 Å². The molecule has 5 rings (SSSR count). The molecule has 5 atom stereocenters. The van der Waals surface area contributed by atoms with Crippen LogP contribution in [-0.2, 0) is 4.79 Å². The Morgan fingerprint density at radius 1 is 1.11 bits per heavy atom. The maximum Gasteiger partial charge on any atom is 0.404 e. The molecule has 2 amide bonds. The molecule has 2 bridgehead atoms. The lowest BCUT2D eigenvalue weighted by Crippen LogP contribution is -2.56. The van der Waals surface area contributed by atoms with E-state index in [1.165, 1.54) is 18.0 Å². The van der Waals surface area contributed by atoms with Crippen LogP contribution in [0.25, 0.3) is 11.3 Å². The molecule has 2 aromatic rings. The fourth-order valence-electron chi connectivity index (χ4n) is 6.17. The highest BCUT2D eigenvalue weighted by Gasteiger charge is 2.47. The number of aromatic amines is 1. The summed E-state index contributed by atoms with van der Waals surface area (Å²) in [6.07, 6.45) is -0.369. The summed E-state index contributed by atoms with van der Waals surface area (Å²) in [5.41, 5.74) is 1.50. The minimum absolute atomic E-state index is 0.0439. The minimum atomic E-state index is -4.28. The van der Waals surface area contributed by atoms with Gasteiger partial charge in [-0.25, -0.2) is 4.39 Å². The van der Waals surface area contributed by atoms with E-state index in [1.807, 2.05) is 0 Å². The van der Waals surface area contributed by atoms with Crippen LogP contribution in [0, 0.1) is 18.7 Å². The molecule has 3 aliphatic rings. The predicted molar refractivity (Wildman–Crippen MR) is 126 cm³/mol. The van der Waals surface area contributed by atoms with Gasteiger partial charge in [0, 0.05) is 41.8 Å². The van der Waals surface area contributed by atoms with Crippen LogP contribution in [0.2, 0.25) is 0 Å². The number of rotatable bonds is 4. The smallest absolute Gasteiger partial charge is 0.352 e. The molecule has 12 heteroatoms. The Bertz CT molecular complexity index is 1170. The third-order valence-corrected chi connectivity index (χ3v) is 7.97. The maximum absolute atomic E-state index is 14.2. The van der Waals surface area contributed by atoms with Crippen LogP contribution in [0.1, 0.15) is 54.7 Å². The zero-order valence-corrected chi connectivity index (χ0v) is 20.7. The summed E-state index contributed by atoms with van der Waals surface area (Å²) in [6, 6.07) is 1.07. The predicted octanol–water partition coefficient (Wildman–Crippen LogP) is 3.44. The van der Waals surface area contributed by atoms with Crippen molar-refractivity contribution in [3.05, 3.63) is 35.5 Å². The van der Waals surface area contributed by atoms with Crippen molar-refractivity contribution in [2.75, 3.05) is 13.6 Å². The Morgan fingerprint density at radius 3 is 2.46 bits per heavy atom. The second-order valence-electron chi connectivity index (χ2n) is 10.5. The lowest BCUT2D eigenvalue weighted by molar-refractivity contribution is -0.188. The second-order valence-corrected chi connectivity index (χ2v) is 10.5. The highest BCUT2D eigenvalue weighted by Crippen LogP contribution is 2.40. The monoisotopic (exact) mass is 522 g/mol. The molecular weight excluding hydrogens is 492 g/mol. The number of hydrogen-bond acceptors (Lipinski definition) is 5. The highest BCUT2D eigenvalue weighted by atomic mass is 19.4. The van der Waals surface area contributed by atoms with Gasteiger partial charge in [0.25, 0.3) is 5.91 Å². The van der Waals surface area contributed by atoms with E-state index in [2.05, 4.69) is 20.5 Å². The summed E-state index contributed by atoms with van der Waals surface area (Å²) in [6.45, 7) is 1.90. The van der Waals surface area contributed by atoms with Gasteiger partial charge < -0.3 is 10.2 Å². The average molecular weight is 523 g/mol. The second kappa shape index (κ2) is 9.70. The molecule has 0 spiro atoms. The molecule has 5 heterocycles. The summed E-state index contributed by atoms with van der Waals surface area (Å²) in [7, 11) is 1.44. The molecule has 0 aromatic carbocycles. The van der Waals surface area contributed by atoms with Crippen LogP contribution in [0.5, 0.6) is 0 Å². The zero-order chi connectivity index (χ0) is 26.5. The number of H-pyrrole nitrogens is 1. The molecule has 2 N–H and O–H groups in total. The number of nitrogens with one attached hydrogen (secondary N) is 2. The maximum atomic E-state index is 14.2. The summed E-state index contributed by atoms with van der Waals surface area (Å²) >= 11 is 0. The number of alkyl halides is 3. The largest absolute Gasteiger partial charge is 0.404 e. The molecular formula is C25H30F4N6O2. The van der Waals surface area contributed by atoms with Crippen molar-refractivity contribution in [3.63, 3.8) is 0 Å². The van der Waals surface area contributed by atoms with E-state index in [9.17, 15) is 27.2 Å². The molecule has 0 aliphatic carbocycles. The number of likely N-dealkylation sites (tertiary alicyclic amines) is 1. The number of fused-ring (bicyclic) bond motifs is 2. The summed E-state index contributed by atoms with van der Waals surface area (Å²) in [4.78, 5) is 33.3. The lowest BCUT2D eigenvalue weighted by atomic mass is 9.89. The number of hydrogen-bond donors (Lipinski definition) is 2. The molecule has 0 radical (unpaired) electrons. The Hall–Kier alpha value is -3.02. The van der Waals surface area contributed by atoms with Crippen LogP contribution in [0.3, 0.4) is 0 Å². The number of carbonyl (C=O) groups excluding carboxylic acids is 2. The van der Waals surface area contributed by atoms with Crippen LogP contribution in [-0.4, -0.2) is 80.7 Å². The Balaban J connectivity index is 1.21. The first-order chi connectivity index (χ1) is 17.5. The summed E-state index contributed by atoms with van der Waals surface area (Å²) < 4.78 is 53.6. The standard InChI is InChI=1S/C25H30F4N6O2/c1-13-7-18(19(26)11-30-13)20-10-21(33-32-20)24(37)35-16-4-5-17(35)9-14(8-16)23(36)31-15-3-6-22(25(27,28)29)34(2)12-15/h7,10-11,14-17,22H,3-6,8-9,12H2,1-2H3,(H,31,36)(H,32,33)/t14-,15-,16-,17+,22-/m1/s1. The minimum Gasteiger partial charge on any atom is -0.352 e. The van der Waals surface area contributed by atoms with Gasteiger partial charge in [-0.1, -0.05) is 0 Å². The molecule has 37 heavy (non-hydrogen) atoms. The number of pyridine rings is 1. The van der Waals surface area contributed by atoms with Gasteiger partial charge in [0.05, 0.1) is 11.9 Å². The van der Waals surface area contributed by atoms with Gasteiger partial charge in [0.1, 0.15) is 6.04 Å². The molecule has 3 saturated heterocycles. The third kappa shape index (κ3) is 5.07. The van der Waals surface area contributed by atoms with Gasteiger partial charge >= 0.3 is 6.18 Å². The number of piperidine rings is 2. The fraction of sp³-hybridized carbons (Fsp3) is 0.600. The van der Waals surface area contributed by atoms with Crippen molar-refractivity contribution in [1.29, 1.82) is 0 Å². The van der Waals surface area contributed by atoms with Gasteiger partial charge in [-0.2, -0.15) is 18.3 Å². The number of aryl methyl sites for hydroxylation is 1. The van der Waals surface area contributed by atoms with Crippen LogP contribution in [0.15, 0.2) is 18.3 Å². The molecule has 0 unspecified atom stereocenters. The number of amides is 2. The molecule has 0 saturated carbocycles. The summed E-state index contributed by atoms with van der Waals surface area (Å²) in [5, 5.41) is 9.83. The van der Waals surface area contributed by atoms with Gasteiger partial charge in [0.2, 0.25) is 5.91 Å². The lowest BCUT2D eigenvalue weighted by Gasteiger charge is -2.40. The van der Waals surface area contributed by atoms with E-state index in [4.69, 9.17) is 0 Å². The van der Waals surface area contributed by atoms with Crippen molar-refractivity contribution in [2.24, 2.45) is 5.92 Å². The quantitative estimate of drug-likeness (QED) is 0.600. The van der Waals surface area contributed by atoms with Gasteiger partial charge in [-0.3, -0.25) is 24.6 Å². The topological polar surface area (TPSA) is 94.2 Å².